The van der Waals surface area contributed by atoms with Crippen molar-refractivity contribution in [1.82, 2.24) is 9.47 Å². The van der Waals surface area contributed by atoms with Crippen LogP contribution in [0.5, 0.6) is 5.75 Å². The number of rotatable bonds is 14. The molecule has 4 nitrogen and oxygen atoms in total. The molecule has 1 aromatic carbocycles. The van der Waals surface area contributed by atoms with E-state index in [2.05, 4.69) is 53.8 Å². The van der Waals surface area contributed by atoms with Gasteiger partial charge in [0.2, 0.25) is 5.91 Å². The van der Waals surface area contributed by atoms with Crippen molar-refractivity contribution in [1.29, 1.82) is 0 Å². The standard InChI is InChI=1S/C25H38N2O2/c1-4-6-8-9-10-16-25(28)27(17-7-5-2)21-23-14-12-18-26(23)20-22-13-11-15-24(19-22)29-3/h11-15,18-19H,4-10,16-17,20-21H2,1-3H3. The van der Waals surface area contributed by atoms with Gasteiger partial charge in [0.05, 0.1) is 13.7 Å². The minimum Gasteiger partial charge on any atom is -0.497 e. The second-order valence-electron chi connectivity index (χ2n) is 7.81. The molecule has 0 aliphatic heterocycles. The molecule has 0 unspecified atom stereocenters. The predicted molar refractivity (Wildman–Crippen MR) is 120 cm³/mol. The fraction of sp³-hybridized carbons (Fsp3) is 0.560. The van der Waals surface area contributed by atoms with Crippen LogP contribution in [0.4, 0.5) is 0 Å². The quantitative estimate of drug-likeness (QED) is 0.364. The lowest BCUT2D eigenvalue weighted by molar-refractivity contribution is -0.132. The van der Waals surface area contributed by atoms with Crippen molar-refractivity contribution in [3.8, 4) is 5.75 Å². The van der Waals surface area contributed by atoms with E-state index in [-0.39, 0.29) is 0 Å². The van der Waals surface area contributed by atoms with Gasteiger partial charge in [0.15, 0.2) is 0 Å². The Bertz CT molecular complexity index is 723. The molecule has 1 heterocycles. The lowest BCUT2D eigenvalue weighted by atomic mass is 10.1. The van der Waals surface area contributed by atoms with Gasteiger partial charge in [-0.1, -0.05) is 58.1 Å². The second kappa shape index (κ2) is 13.1. The highest BCUT2D eigenvalue weighted by Crippen LogP contribution is 2.17. The van der Waals surface area contributed by atoms with E-state index < -0.39 is 0 Å². The molecule has 0 fully saturated rings. The van der Waals surface area contributed by atoms with Crippen LogP contribution < -0.4 is 4.74 Å². The Morgan fingerprint density at radius 2 is 1.79 bits per heavy atom. The molecule has 0 N–H and O–H groups in total. The van der Waals surface area contributed by atoms with Gasteiger partial charge in [0.25, 0.3) is 0 Å². The van der Waals surface area contributed by atoms with Crippen molar-refractivity contribution in [2.45, 2.75) is 78.3 Å². The molecule has 2 rings (SSSR count). The van der Waals surface area contributed by atoms with Gasteiger partial charge < -0.3 is 14.2 Å². The number of unbranched alkanes of at least 4 members (excludes halogenated alkanes) is 5. The highest BCUT2D eigenvalue weighted by Gasteiger charge is 2.15. The number of hydrogen-bond donors (Lipinski definition) is 0. The number of aromatic nitrogens is 1. The summed E-state index contributed by atoms with van der Waals surface area (Å²) in [5, 5.41) is 0. The van der Waals surface area contributed by atoms with E-state index in [1.807, 2.05) is 12.1 Å². The summed E-state index contributed by atoms with van der Waals surface area (Å²) in [5.74, 6) is 1.17. The summed E-state index contributed by atoms with van der Waals surface area (Å²) in [4.78, 5) is 14.9. The Hall–Kier alpha value is -2.23. The van der Waals surface area contributed by atoms with Crippen molar-refractivity contribution < 1.29 is 9.53 Å². The third-order valence-corrected chi connectivity index (χ3v) is 5.39. The molecular weight excluding hydrogens is 360 g/mol. The Morgan fingerprint density at radius 3 is 2.55 bits per heavy atom. The van der Waals surface area contributed by atoms with Gasteiger partial charge in [-0.15, -0.1) is 0 Å². The van der Waals surface area contributed by atoms with E-state index in [4.69, 9.17) is 4.74 Å². The predicted octanol–water partition coefficient (Wildman–Crippen LogP) is 6.03. The van der Waals surface area contributed by atoms with E-state index in [1.54, 1.807) is 7.11 Å². The number of methoxy groups -OCH3 is 1. The summed E-state index contributed by atoms with van der Waals surface area (Å²) < 4.78 is 7.58. The fourth-order valence-electron chi connectivity index (χ4n) is 3.59. The van der Waals surface area contributed by atoms with Crippen LogP contribution >= 0.6 is 0 Å². The largest absolute Gasteiger partial charge is 0.497 e. The Balaban J connectivity index is 1.99. The fourth-order valence-corrected chi connectivity index (χ4v) is 3.59. The molecular formula is C25H38N2O2. The zero-order valence-electron chi connectivity index (χ0n) is 18.5. The van der Waals surface area contributed by atoms with Gasteiger partial charge in [0, 0.05) is 31.4 Å². The summed E-state index contributed by atoms with van der Waals surface area (Å²) in [6.07, 6.45) is 10.8. The van der Waals surface area contributed by atoms with Gasteiger partial charge in [0.1, 0.15) is 5.75 Å². The molecule has 1 amide bonds. The van der Waals surface area contributed by atoms with E-state index in [0.29, 0.717) is 18.9 Å². The zero-order chi connectivity index (χ0) is 20.9. The molecule has 0 aliphatic carbocycles. The molecule has 2 aromatic rings. The highest BCUT2D eigenvalue weighted by atomic mass is 16.5. The average Bonchev–Trinajstić information content (AvgIpc) is 3.17. The summed E-state index contributed by atoms with van der Waals surface area (Å²) in [6.45, 7) is 6.71. The van der Waals surface area contributed by atoms with E-state index in [9.17, 15) is 4.79 Å². The minimum atomic E-state index is 0.295. The maximum absolute atomic E-state index is 12.9. The SMILES string of the molecule is CCCCCCCC(=O)N(CCCC)Cc1cccn1Cc1cccc(OC)c1. The molecule has 0 aliphatic rings. The first-order valence-electron chi connectivity index (χ1n) is 11.2. The summed E-state index contributed by atoms with van der Waals surface area (Å²) in [5.41, 5.74) is 2.38. The molecule has 0 radical (unpaired) electrons. The number of hydrogen-bond acceptors (Lipinski definition) is 2. The van der Waals surface area contributed by atoms with Crippen molar-refractivity contribution in [3.05, 3.63) is 53.9 Å². The molecule has 4 heteroatoms. The number of nitrogens with zero attached hydrogens (tertiary/aromatic N) is 2. The number of carbonyl (C=O) groups excluding carboxylic acids is 1. The molecule has 1 aromatic heterocycles. The summed E-state index contributed by atoms with van der Waals surface area (Å²) >= 11 is 0. The van der Waals surface area contributed by atoms with E-state index >= 15 is 0 Å². The average molecular weight is 399 g/mol. The third kappa shape index (κ3) is 7.96. The molecule has 0 spiro atoms. The highest BCUT2D eigenvalue weighted by molar-refractivity contribution is 5.76. The van der Waals surface area contributed by atoms with Crippen molar-refractivity contribution in [2.24, 2.45) is 0 Å². The van der Waals surface area contributed by atoms with Gasteiger partial charge in [-0.25, -0.2) is 0 Å². The first-order valence-corrected chi connectivity index (χ1v) is 11.2. The third-order valence-electron chi connectivity index (χ3n) is 5.39. The first-order chi connectivity index (χ1) is 14.2. The van der Waals surface area contributed by atoms with Crippen molar-refractivity contribution >= 4 is 5.91 Å². The van der Waals surface area contributed by atoms with Crippen molar-refractivity contribution in [3.63, 3.8) is 0 Å². The molecule has 0 atom stereocenters. The lowest BCUT2D eigenvalue weighted by Crippen LogP contribution is -2.32. The van der Waals surface area contributed by atoms with Crippen molar-refractivity contribution in [2.75, 3.05) is 13.7 Å². The molecule has 29 heavy (non-hydrogen) atoms. The van der Waals surface area contributed by atoms with Crippen LogP contribution in [0.1, 0.15) is 76.5 Å². The van der Waals surface area contributed by atoms with Gasteiger partial charge in [-0.2, -0.15) is 0 Å². The van der Waals surface area contributed by atoms with Gasteiger partial charge >= 0.3 is 0 Å². The molecule has 160 valence electrons. The van der Waals surface area contributed by atoms with Crippen LogP contribution in [-0.4, -0.2) is 29.0 Å². The first kappa shape index (κ1) is 23.1. The van der Waals surface area contributed by atoms with Crippen LogP contribution in [0, 0.1) is 0 Å². The monoisotopic (exact) mass is 398 g/mol. The van der Waals surface area contributed by atoms with Crippen LogP contribution in [0.15, 0.2) is 42.6 Å². The minimum absolute atomic E-state index is 0.295. The Labute approximate surface area is 176 Å². The van der Waals surface area contributed by atoms with Crippen LogP contribution in [0.3, 0.4) is 0 Å². The number of amides is 1. The van der Waals surface area contributed by atoms with Crippen LogP contribution in [-0.2, 0) is 17.9 Å². The number of benzene rings is 1. The molecule has 0 bridgehead atoms. The van der Waals surface area contributed by atoms with Crippen LogP contribution in [0.2, 0.25) is 0 Å². The van der Waals surface area contributed by atoms with Crippen LogP contribution in [0.25, 0.3) is 0 Å². The normalized spacial score (nSPS) is 10.9. The Kier molecular flexibility index (Phi) is 10.4. The van der Waals surface area contributed by atoms with Gasteiger partial charge in [-0.05, 0) is 42.7 Å². The van der Waals surface area contributed by atoms with E-state index in [0.717, 1.165) is 44.5 Å². The van der Waals surface area contributed by atoms with E-state index in [1.165, 1.54) is 30.5 Å². The second-order valence-corrected chi connectivity index (χ2v) is 7.81. The summed E-state index contributed by atoms with van der Waals surface area (Å²) in [7, 11) is 1.69. The number of ether oxygens (including phenoxy) is 1. The molecule has 0 saturated carbocycles. The number of carbonyl (C=O) groups is 1. The maximum atomic E-state index is 12.9. The van der Waals surface area contributed by atoms with Gasteiger partial charge in [-0.3, -0.25) is 4.79 Å². The maximum Gasteiger partial charge on any atom is 0.222 e. The molecule has 0 saturated heterocycles. The lowest BCUT2D eigenvalue weighted by Gasteiger charge is -2.24. The topological polar surface area (TPSA) is 34.5 Å². The zero-order valence-corrected chi connectivity index (χ0v) is 18.5. The Morgan fingerprint density at radius 1 is 1.00 bits per heavy atom. The smallest absolute Gasteiger partial charge is 0.222 e. The summed E-state index contributed by atoms with van der Waals surface area (Å²) in [6, 6.07) is 12.4.